The highest BCUT2D eigenvalue weighted by atomic mass is 35.5. The van der Waals surface area contributed by atoms with Gasteiger partial charge in [-0.3, -0.25) is 9.78 Å². The van der Waals surface area contributed by atoms with E-state index in [0.717, 1.165) is 24.1 Å². The third-order valence-electron chi connectivity index (χ3n) is 3.65. The number of aromatic nitrogens is 1. The Morgan fingerprint density at radius 2 is 2.20 bits per heavy atom. The maximum Gasteiger partial charge on any atom is 0.158 e. The molecule has 0 aliphatic carbocycles. The molecular formula is C16H15ClN2O. The predicted octanol–water partition coefficient (Wildman–Crippen LogP) is 2.73. The van der Waals surface area contributed by atoms with Gasteiger partial charge >= 0.3 is 0 Å². The van der Waals surface area contributed by atoms with E-state index < -0.39 is 0 Å². The summed E-state index contributed by atoms with van der Waals surface area (Å²) in [4.78, 5) is 16.5. The van der Waals surface area contributed by atoms with Crippen molar-refractivity contribution in [2.75, 3.05) is 6.54 Å². The van der Waals surface area contributed by atoms with Gasteiger partial charge in [-0.1, -0.05) is 35.9 Å². The van der Waals surface area contributed by atoms with Crippen LogP contribution in [0.5, 0.6) is 0 Å². The third-order valence-corrected chi connectivity index (χ3v) is 3.99. The number of halogens is 1. The Morgan fingerprint density at radius 3 is 3.05 bits per heavy atom. The summed E-state index contributed by atoms with van der Waals surface area (Å²) in [5.74, 6) is 0.144. The molecule has 1 aliphatic rings. The number of carbonyl (C=O) groups is 1. The van der Waals surface area contributed by atoms with E-state index in [9.17, 15) is 4.79 Å². The van der Waals surface area contributed by atoms with Crippen molar-refractivity contribution >= 4 is 17.4 Å². The van der Waals surface area contributed by atoms with E-state index >= 15 is 0 Å². The van der Waals surface area contributed by atoms with Crippen LogP contribution in [0.1, 0.15) is 22.7 Å². The number of hydrogen-bond donors (Lipinski definition) is 1. The Bertz CT molecular complexity index is 642. The first-order valence-corrected chi connectivity index (χ1v) is 7.06. The minimum atomic E-state index is -0.232. The van der Waals surface area contributed by atoms with Gasteiger partial charge in [-0.05, 0) is 29.2 Å². The average Bonchev–Trinajstić information content (AvgIpc) is 2.49. The highest BCUT2D eigenvalue weighted by Gasteiger charge is 2.25. The van der Waals surface area contributed by atoms with Crippen molar-refractivity contribution < 1.29 is 4.79 Å². The molecule has 4 heteroatoms. The maximum absolute atomic E-state index is 12.5. The number of nitrogens with one attached hydrogen (secondary N) is 1. The second-order valence-electron chi connectivity index (χ2n) is 4.95. The second-order valence-corrected chi connectivity index (χ2v) is 5.35. The van der Waals surface area contributed by atoms with Crippen LogP contribution in [0, 0.1) is 0 Å². The third kappa shape index (κ3) is 2.60. The van der Waals surface area contributed by atoms with Crippen molar-refractivity contribution in [1.29, 1.82) is 0 Å². The Kier molecular flexibility index (Phi) is 3.81. The molecule has 0 spiro atoms. The monoisotopic (exact) mass is 286 g/mol. The fraction of sp³-hybridized carbons (Fsp3) is 0.250. The highest BCUT2D eigenvalue weighted by Crippen LogP contribution is 2.25. The minimum absolute atomic E-state index is 0.144. The number of carbonyl (C=O) groups excluding carboxylic acids is 1. The summed E-state index contributed by atoms with van der Waals surface area (Å²) in [6, 6.07) is 9.68. The first kappa shape index (κ1) is 13.3. The lowest BCUT2D eigenvalue weighted by Gasteiger charge is -2.26. The molecule has 0 bridgehead atoms. The number of pyridine rings is 1. The molecule has 1 aromatic carbocycles. The van der Waals surface area contributed by atoms with E-state index in [2.05, 4.69) is 16.4 Å². The summed E-state index contributed by atoms with van der Waals surface area (Å²) < 4.78 is 0. The number of hydrogen-bond acceptors (Lipinski definition) is 3. The summed E-state index contributed by atoms with van der Waals surface area (Å²) >= 11 is 6.07. The van der Waals surface area contributed by atoms with Gasteiger partial charge in [0.2, 0.25) is 0 Å². The van der Waals surface area contributed by atoms with Crippen LogP contribution in [0.15, 0.2) is 42.7 Å². The Labute approximate surface area is 123 Å². The second kappa shape index (κ2) is 5.73. The van der Waals surface area contributed by atoms with Gasteiger partial charge in [0, 0.05) is 25.4 Å². The normalized spacial score (nSPS) is 17.6. The maximum atomic E-state index is 12.5. The molecule has 0 fully saturated rings. The molecule has 20 heavy (non-hydrogen) atoms. The Morgan fingerprint density at radius 1 is 1.35 bits per heavy atom. The summed E-state index contributed by atoms with van der Waals surface area (Å²) in [6.07, 6.45) is 4.53. The molecule has 0 saturated carbocycles. The van der Waals surface area contributed by atoms with Gasteiger partial charge in [0.15, 0.2) is 5.78 Å². The molecule has 1 aromatic heterocycles. The SMILES string of the molecule is O=C(Cc1ccncc1Cl)C1NCCc2ccccc21. The van der Waals surface area contributed by atoms with Crippen molar-refractivity contribution in [2.24, 2.45) is 0 Å². The molecule has 0 saturated heterocycles. The summed E-state index contributed by atoms with van der Waals surface area (Å²) in [5.41, 5.74) is 3.18. The van der Waals surface area contributed by atoms with Crippen LogP contribution >= 0.6 is 11.6 Å². The van der Waals surface area contributed by atoms with E-state index in [-0.39, 0.29) is 11.8 Å². The van der Waals surface area contributed by atoms with Gasteiger partial charge < -0.3 is 5.32 Å². The molecule has 3 rings (SSSR count). The minimum Gasteiger partial charge on any atom is -0.303 e. The summed E-state index contributed by atoms with van der Waals surface area (Å²) in [5, 5.41) is 3.85. The van der Waals surface area contributed by atoms with Crippen LogP contribution in [0.4, 0.5) is 0 Å². The number of rotatable bonds is 3. The number of ketones is 1. The van der Waals surface area contributed by atoms with Crippen LogP contribution in [-0.4, -0.2) is 17.3 Å². The van der Waals surface area contributed by atoms with Gasteiger partial charge in [-0.15, -0.1) is 0 Å². The van der Waals surface area contributed by atoms with Crippen molar-refractivity contribution in [3.63, 3.8) is 0 Å². The topological polar surface area (TPSA) is 42.0 Å². The molecule has 0 amide bonds. The predicted molar refractivity (Wildman–Crippen MR) is 78.8 cm³/mol. The highest BCUT2D eigenvalue weighted by molar-refractivity contribution is 6.31. The van der Waals surface area contributed by atoms with Gasteiger partial charge in [0.05, 0.1) is 11.1 Å². The van der Waals surface area contributed by atoms with E-state index in [1.54, 1.807) is 18.5 Å². The van der Waals surface area contributed by atoms with Crippen LogP contribution in [0.25, 0.3) is 0 Å². The first-order chi connectivity index (χ1) is 9.75. The Balaban J connectivity index is 1.84. The van der Waals surface area contributed by atoms with Crippen molar-refractivity contribution in [3.05, 3.63) is 64.4 Å². The van der Waals surface area contributed by atoms with E-state index in [1.807, 2.05) is 18.2 Å². The van der Waals surface area contributed by atoms with Gasteiger partial charge in [-0.2, -0.15) is 0 Å². The fourth-order valence-corrected chi connectivity index (χ4v) is 2.82. The number of benzene rings is 1. The number of Topliss-reactive ketones (excluding diaryl/α,β-unsaturated/α-hetero) is 1. The molecule has 1 unspecified atom stereocenters. The van der Waals surface area contributed by atoms with Crippen LogP contribution in [-0.2, 0) is 17.6 Å². The largest absolute Gasteiger partial charge is 0.303 e. The molecular weight excluding hydrogens is 272 g/mol. The number of nitrogens with zero attached hydrogens (tertiary/aromatic N) is 1. The quantitative estimate of drug-likeness (QED) is 0.943. The molecule has 2 aromatic rings. The van der Waals surface area contributed by atoms with Crippen LogP contribution in [0.3, 0.4) is 0 Å². The smallest absolute Gasteiger partial charge is 0.158 e. The molecule has 2 heterocycles. The lowest BCUT2D eigenvalue weighted by atomic mass is 9.90. The fourth-order valence-electron chi connectivity index (χ4n) is 2.63. The van der Waals surface area contributed by atoms with Gasteiger partial charge in [0.1, 0.15) is 0 Å². The van der Waals surface area contributed by atoms with Gasteiger partial charge in [-0.25, -0.2) is 0 Å². The van der Waals surface area contributed by atoms with Crippen molar-refractivity contribution in [2.45, 2.75) is 18.9 Å². The standard InChI is InChI=1S/C16H15ClN2O/c17-14-10-18-7-5-12(14)9-15(20)16-13-4-2-1-3-11(13)6-8-19-16/h1-5,7,10,16,19H,6,8-9H2. The Hall–Kier alpha value is -1.71. The van der Waals surface area contributed by atoms with E-state index in [1.165, 1.54) is 5.56 Å². The molecule has 0 radical (unpaired) electrons. The lowest BCUT2D eigenvalue weighted by molar-refractivity contribution is -0.120. The lowest BCUT2D eigenvalue weighted by Crippen LogP contribution is -2.35. The zero-order chi connectivity index (χ0) is 13.9. The van der Waals surface area contributed by atoms with Gasteiger partial charge in [0.25, 0.3) is 0 Å². The molecule has 1 N–H and O–H groups in total. The van der Waals surface area contributed by atoms with Crippen LogP contribution in [0.2, 0.25) is 5.02 Å². The van der Waals surface area contributed by atoms with E-state index in [4.69, 9.17) is 11.6 Å². The summed E-state index contributed by atoms with van der Waals surface area (Å²) in [6.45, 7) is 0.831. The van der Waals surface area contributed by atoms with Crippen molar-refractivity contribution in [3.8, 4) is 0 Å². The molecule has 1 aliphatic heterocycles. The van der Waals surface area contributed by atoms with E-state index in [0.29, 0.717) is 11.4 Å². The first-order valence-electron chi connectivity index (χ1n) is 6.68. The zero-order valence-electron chi connectivity index (χ0n) is 11.0. The average molecular weight is 287 g/mol. The molecule has 1 atom stereocenters. The van der Waals surface area contributed by atoms with Crippen LogP contribution < -0.4 is 5.32 Å². The zero-order valence-corrected chi connectivity index (χ0v) is 11.7. The number of fused-ring (bicyclic) bond motifs is 1. The summed E-state index contributed by atoms with van der Waals surface area (Å²) in [7, 11) is 0. The molecule has 3 nitrogen and oxygen atoms in total. The molecule has 102 valence electrons. The van der Waals surface area contributed by atoms with Crippen molar-refractivity contribution in [1.82, 2.24) is 10.3 Å².